The van der Waals surface area contributed by atoms with Gasteiger partial charge in [0.25, 0.3) is 0 Å². The molecule has 0 aliphatic rings. The molecule has 2 rings (SSSR count). The Bertz CT molecular complexity index is 553. The van der Waals surface area contributed by atoms with E-state index in [0.717, 1.165) is 23.2 Å². The molecule has 2 aromatic carbocycles. The van der Waals surface area contributed by atoms with Crippen molar-refractivity contribution in [1.29, 1.82) is 0 Å². The lowest BCUT2D eigenvalue weighted by Gasteiger charge is -2.14. The van der Waals surface area contributed by atoms with Crippen molar-refractivity contribution in [2.75, 3.05) is 6.61 Å². The van der Waals surface area contributed by atoms with Gasteiger partial charge < -0.3 is 10.1 Å². The zero-order valence-electron chi connectivity index (χ0n) is 12.6. The molecule has 0 radical (unpaired) electrons. The smallest absolute Gasteiger partial charge is 0.119 e. The van der Waals surface area contributed by atoms with Crippen molar-refractivity contribution in [2.24, 2.45) is 0 Å². The fraction of sp³-hybridized carbons (Fsp3) is 0.333. The molecule has 1 N–H and O–H groups in total. The Hall–Kier alpha value is -1.32. The van der Waals surface area contributed by atoms with Gasteiger partial charge in [-0.05, 0) is 55.7 Å². The van der Waals surface area contributed by atoms with Crippen LogP contribution in [0.2, 0.25) is 0 Å². The topological polar surface area (TPSA) is 21.3 Å². The van der Waals surface area contributed by atoms with Crippen LogP contribution in [-0.4, -0.2) is 12.6 Å². The molecule has 0 aromatic heterocycles. The van der Waals surface area contributed by atoms with E-state index in [4.69, 9.17) is 4.74 Å². The first kappa shape index (κ1) is 16.1. The van der Waals surface area contributed by atoms with E-state index in [1.54, 1.807) is 0 Å². The number of hydrogen-bond donors (Lipinski definition) is 1. The van der Waals surface area contributed by atoms with E-state index in [9.17, 15) is 0 Å². The van der Waals surface area contributed by atoms with E-state index in [0.29, 0.717) is 12.6 Å². The van der Waals surface area contributed by atoms with Gasteiger partial charge in [0.2, 0.25) is 0 Å². The number of ether oxygens (including phenoxy) is 1. The van der Waals surface area contributed by atoms with Crippen molar-refractivity contribution in [3.05, 3.63) is 64.1 Å². The van der Waals surface area contributed by atoms with Crippen LogP contribution in [0.1, 0.15) is 25.0 Å². The Morgan fingerprint density at radius 2 is 1.86 bits per heavy atom. The largest absolute Gasteiger partial charge is 0.494 e. The zero-order chi connectivity index (χ0) is 15.1. The number of benzene rings is 2. The summed E-state index contributed by atoms with van der Waals surface area (Å²) in [6.45, 7) is 5.79. The molecule has 3 heteroatoms. The maximum atomic E-state index is 5.53. The van der Waals surface area contributed by atoms with Gasteiger partial charge >= 0.3 is 0 Å². The molecule has 0 saturated carbocycles. The second-order valence-electron chi connectivity index (χ2n) is 5.19. The fourth-order valence-electron chi connectivity index (χ4n) is 2.25. The summed E-state index contributed by atoms with van der Waals surface area (Å²) in [7, 11) is 0. The Balaban J connectivity index is 1.84. The predicted octanol–water partition coefficient (Wildman–Crippen LogP) is 4.57. The van der Waals surface area contributed by atoms with E-state index in [1.807, 2.05) is 19.1 Å². The van der Waals surface area contributed by atoms with E-state index >= 15 is 0 Å². The summed E-state index contributed by atoms with van der Waals surface area (Å²) in [5, 5.41) is 3.56. The Kier molecular flexibility index (Phi) is 6.27. The summed E-state index contributed by atoms with van der Waals surface area (Å²) in [6.07, 6.45) is 1.03. The summed E-state index contributed by atoms with van der Waals surface area (Å²) in [4.78, 5) is 0. The predicted molar refractivity (Wildman–Crippen MR) is 91.8 cm³/mol. The summed E-state index contributed by atoms with van der Waals surface area (Å²) >= 11 is 3.46. The molecule has 2 nitrogen and oxygen atoms in total. The molecule has 0 saturated heterocycles. The third-order valence-electron chi connectivity index (χ3n) is 3.32. The molecule has 0 aliphatic heterocycles. The average Bonchev–Trinajstić information content (AvgIpc) is 2.48. The van der Waals surface area contributed by atoms with Gasteiger partial charge in [-0.2, -0.15) is 0 Å². The Labute approximate surface area is 135 Å². The number of nitrogens with one attached hydrogen (secondary N) is 1. The highest BCUT2D eigenvalue weighted by molar-refractivity contribution is 9.10. The lowest BCUT2D eigenvalue weighted by molar-refractivity contribution is 0.339. The molecule has 1 unspecified atom stereocenters. The molecule has 0 amide bonds. The van der Waals surface area contributed by atoms with Gasteiger partial charge in [-0.3, -0.25) is 0 Å². The molecule has 21 heavy (non-hydrogen) atoms. The molecule has 0 fully saturated rings. The Morgan fingerprint density at radius 3 is 2.57 bits per heavy atom. The minimum atomic E-state index is 0.432. The third kappa shape index (κ3) is 5.52. The molecule has 0 heterocycles. The van der Waals surface area contributed by atoms with Crippen LogP contribution in [0.25, 0.3) is 0 Å². The van der Waals surface area contributed by atoms with Crippen LogP contribution in [0.5, 0.6) is 5.75 Å². The van der Waals surface area contributed by atoms with Crippen LogP contribution in [0.15, 0.2) is 53.0 Å². The van der Waals surface area contributed by atoms with Gasteiger partial charge in [0, 0.05) is 17.1 Å². The van der Waals surface area contributed by atoms with Crippen LogP contribution in [0.3, 0.4) is 0 Å². The summed E-state index contributed by atoms with van der Waals surface area (Å²) < 4.78 is 6.65. The minimum Gasteiger partial charge on any atom is -0.494 e. The van der Waals surface area contributed by atoms with Crippen LogP contribution in [-0.2, 0) is 13.0 Å². The highest BCUT2D eigenvalue weighted by Crippen LogP contribution is 2.14. The lowest BCUT2D eigenvalue weighted by atomic mass is 10.1. The number of rotatable bonds is 7. The third-order valence-corrected chi connectivity index (χ3v) is 3.85. The van der Waals surface area contributed by atoms with Crippen molar-refractivity contribution >= 4 is 15.9 Å². The van der Waals surface area contributed by atoms with Gasteiger partial charge in [0.1, 0.15) is 5.75 Å². The SMILES string of the molecule is CCOc1cccc(CNC(C)Cc2ccc(Br)cc2)c1. The van der Waals surface area contributed by atoms with Gasteiger partial charge in [-0.25, -0.2) is 0 Å². The van der Waals surface area contributed by atoms with Crippen LogP contribution in [0, 0.1) is 0 Å². The lowest BCUT2D eigenvalue weighted by Crippen LogP contribution is -2.27. The first-order chi connectivity index (χ1) is 10.2. The average molecular weight is 348 g/mol. The first-order valence-corrected chi connectivity index (χ1v) is 8.16. The zero-order valence-corrected chi connectivity index (χ0v) is 14.2. The van der Waals surface area contributed by atoms with Gasteiger partial charge in [-0.15, -0.1) is 0 Å². The highest BCUT2D eigenvalue weighted by Gasteiger charge is 2.04. The maximum absolute atomic E-state index is 5.53. The number of hydrogen-bond acceptors (Lipinski definition) is 2. The molecule has 2 aromatic rings. The second kappa shape index (κ2) is 8.20. The minimum absolute atomic E-state index is 0.432. The molecule has 0 bridgehead atoms. The normalized spacial score (nSPS) is 12.1. The molecule has 1 atom stereocenters. The first-order valence-electron chi connectivity index (χ1n) is 7.37. The summed E-state index contributed by atoms with van der Waals surface area (Å²) in [5.41, 5.74) is 2.60. The molecular weight excluding hydrogens is 326 g/mol. The molecule has 0 spiro atoms. The van der Waals surface area contributed by atoms with Crippen molar-refractivity contribution in [1.82, 2.24) is 5.32 Å². The molecular formula is C18H22BrNO. The van der Waals surface area contributed by atoms with Gasteiger partial charge in [-0.1, -0.05) is 40.2 Å². The highest BCUT2D eigenvalue weighted by atomic mass is 79.9. The van der Waals surface area contributed by atoms with Crippen LogP contribution in [0.4, 0.5) is 0 Å². The summed E-state index contributed by atoms with van der Waals surface area (Å²) in [6, 6.07) is 17.2. The fourth-order valence-corrected chi connectivity index (χ4v) is 2.51. The van der Waals surface area contributed by atoms with Crippen molar-refractivity contribution in [3.8, 4) is 5.75 Å². The van der Waals surface area contributed by atoms with Crippen molar-refractivity contribution in [2.45, 2.75) is 32.9 Å². The van der Waals surface area contributed by atoms with E-state index < -0.39 is 0 Å². The van der Waals surface area contributed by atoms with E-state index in [1.165, 1.54) is 11.1 Å². The molecule has 112 valence electrons. The van der Waals surface area contributed by atoms with E-state index in [2.05, 4.69) is 64.6 Å². The van der Waals surface area contributed by atoms with Crippen molar-refractivity contribution < 1.29 is 4.74 Å². The van der Waals surface area contributed by atoms with Crippen molar-refractivity contribution in [3.63, 3.8) is 0 Å². The monoisotopic (exact) mass is 347 g/mol. The molecule has 0 aliphatic carbocycles. The summed E-state index contributed by atoms with van der Waals surface area (Å²) in [5.74, 6) is 0.942. The van der Waals surface area contributed by atoms with Gasteiger partial charge in [0.15, 0.2) is 0 Å². The van der Waals surface area contributed by atoms with Crippen LogP contribution < -0.4 is 10.1 Å². The van der Waals surface area contributed by atoms with E-state index in [-0.39, 0.29) is 0 Å². The Morgan fingerprint density at radius 1 is 1.10 bits per heavy atom. The quantitative estimate of drug-likeness (QED) is 0.792. The number of halogens is 1. The van der Waals surface area contributed by atoms with Gasteiger partial charge in [0.05, 0.1) is 6.61 Å². The standard InChI is InChI=1S/C18H22BrNO/c1-3-21-18-6-4-5-16(12-18)13-20-14(2)11-15-7-9-17(19)10-8-15/h4-10,12,14,20H,3,11,13H2,1-2H3. The van der Waals surface area contributed by atoms with Crippen LogP contribution >= 0.6 is 15.9 Å². The second-order valence-corrected chi connectivity index (χ2v) is 6.11. The maximum Gasteiger partial charge on any atom is 0.119 e.